The summed E-state index contributed by atoms with van der Waals surface area (Å²) in [5.74, 6) is 0.718. The fourth-order valence-corrected chi connectivity index (χ4v) is 1.19. The van der Waals surface area contributed by atoms with Crippen LogP contribution in [0.1, 0.15) is 5.82 Å². The predicted molar refractivity (Wildman–Crippen MR) is 46.1 cm³/mol. The maximum absolute atomic E-state index is 11.5. The lowest BCUT2D eigenvalue weighted by Crippen LogP contribution is -2.19. The van der Waals surface area contributed by atoms with Crippen LogP contribution in [0.25, 0.3) is 11.0 Å². The summed E-state index contributed by atoms with van der Waals surface area (Å²) in [4.78, 5) is 18.6. The molecule has 0 atom stereocenters. The van der Waals surface area contributed by atoms with Crippen molar-refractivity contribution in [2.24, 2.45) is 7.05 Å². The minimum Gasteiger partial charge on any atom is -0.346 e. The summed E-state index contributed by atoms with van der Waals surface area (Å²) >= 11 is 0. The fraction of sp³-hybridized carbons (Fsp3) is 0.250. The first-order valence-corrected chi connectivity index (χ1v) is 3.71. The first-order valence-electron chi connectivity index (χ1n) is 3.71. The van der Waals surface area contributed by atoms with Crippen LogP contribution < -0.4 is 5.56 Å². The molecule has 0 saturated carbocycles. The van der Waals surface area contributed by atoms with Gasteiger partial charge in [0.15, 0.2) is 0 Å². The number of aromatic nitrogens is 3. The van der Waals surface area contributed by atoms with Crippen molar-refractivity contribution < 1.29 is 0 Å². The maximum Gasteiger partial charge on any atom is 0.262 e. The molecule has 4 heteroatoms. The largest absolute Gasteiger partial charge is 0.346 e. The van der Waals surface area contributed by atoms with E-state index in [0.29, 0.717) is 11.0 Å². The third kappa shape index (κ3) is 0.777. The molecule has 4 nitrogen and oxygen atoms in total. The molecule has 12 heavy (non-hydrogen) atoms. The number of hydrogen-bond donors (Lipinski definition) is 1. The van der Waals surface area contributed by atoms with Gasteiger partial charge in [-0.3, -0.25) is 9.36 Å². The topological polar surface area (TPSA) is 50.7 Å². The van der Waals surface area contributed by atoms with Crippen molar-refractivity contribution in [1.82, 2.24) is 14.5 Å². The first-order chi connectivity index (χ1) is 5.70. The zero-order valence-corrected chi connectivity index (χ0v) is 6.96. The van der Waals surface area contributed by atoms with E-state index in [0.717, 1.165) is 5.82 Å². The van der Waals surface area contributed by atoms with Crippen LogP contribution in [0.15, 0.2) is 17.1 Å². The highest BCUT2D eigenvalue weighted by Gasteiger charge is 2.04. The molecule has 0 aliphatic carbocycles. The second-order valence-electron chi connectivity index (χ2n) is 2.76. The summed E-state index contributed by atoms with van der Waals surface area (Å²) in [6, 6.07) is 1.74. The molecule has 0 aliphatic rings. The lowest BCUT2D eigenvalue weighted by Gasteiger charge is -2.00. The Bertz CT molecular complexity index is 480. The lowest BCUT2D eigenvalue weighted by molar-refractivity contribution is 0.791. The van der Waals surface area contributed by atoms with E-state index >= 15 is 0 Å². The van der Waals surface area contributed by atoms with Crippen molar-refractivity contribution in [2.75, 3.05) is 0 Å². The summed E-state index contributed by atoms with van der Waals surface area (Å²) in [7, 11) is 1.72. The number of aromatic amines is 1. The molecule has 2 aromatic rings. The molecular weight excluding hydrogens is 154 g/mol. The van der Waals surface area contributed by atoms with Gasteiger partial charge in [0.1, 0.15) is 11.5 Å². The molecule has 0 aliphatic heterocycles. The highest BCUT2D eigenvalue weighted by Crippen LogP contribution is 2.03. The Kier molecular flexibility index (Phi) is 1.30. The quantitative estimate of drug-likeness (QED) is 0.617. The molecule has 2 rings (SSSR count). The fourth-order valence-electron chi connectivity index (χ4n) is 1.19. The van der Waals surface area contributed by atoms with Crippen molar-refractivity contribution in [3.8, 4) is 0 Å². The van der Waals surface area contributed by atoms with Gasteiger partial charge in [0.05, 0.1) is 5.39 Å². The van der Waals surface area contributed by atoms with Crippen LogP contribution in [0, 0.1) is 6.92 Å². The monoisotopic (exact) mass is 163 g/mol. The van der Waals surface area contributed by atoms with E-state index in [2.05, 4.69) is 9.97 Å². The van der Waals surface area contributed by atoms with E-state index in [1.807, 2.05) is 6.92 Å². The van der Waals surface area contributed by atoms with Crippen LogP contribution in [0.2, 0.25) is 0 Å². The Hall–Kier alpha value is -1.58. The van der Waals surface area contributed by atoms with Crippen molar-refractivity contribution in [3.63, 3.8) is 0 Å². The van der Waals surface area contributed by atoms with E-state index in [9.17, 15) is 4.79 Å². The molecule has 2 aromatic heterocycles. The number of nitrogens with zero attached hydrogens (tertiary/aromatic N) is 2. The molecule has 0 unspecified atom stereocenters. The summed E-state index contributed by atoms with van der Waals surface area (Å²) < 4.78 is 1.54. The number of aryl methyl sites for hydroxylation is 1. The summed E-state index contributed by atoms with van der Waals surface area (Å²) in [6.45, 7) is 1.81. The van der Waals surface area contributed by atoms with Crippen LogP contribution >= 0.6 is 0 Å². The molecule has 0 spiro atoms. The van der Waals surface area contributed by atoms with Crippen LogP contribution in [0.3, 0.4) is 0 Å². The smallest absolute Gasteiger partial charge is 0.262 e. The molecular formula is C8H9N3O. The van der Waals surface area contributed by atoms with Crippen molar-refractivity contribution >= 4 is 11.0 Å². The molecule has 0 saturated heterocycles. The van der Waals surface area contributed by atoms with Gasteiger partial charge < -0.3 is 4.98 Å². The van der Waals surface area contributed by atoms with Gasteiger partial charge in [-0.25, -0.2) is 4.98 Å². The van der Waals surface area contributed by atoms with Gasteiger partial charge in [0, 0.05) is 13.2 Å². The van der Waals surface area contributed by atoms with Crippen molar-refractivity contribution in [1.29, 1.82) is 0 Å². The van der Waals surface area contributed by atoms with Crippen LogP contribution in [0.4, 0.5) is 0 Å². The van der Waals surface area contributed by atoms with E-state index in [1.54, 1.807) is 19.3 Å². The van der Waals surface area contributed by atoms with Crippen LogP contribution in [-0.4, -0.2) is 14.5 Å². The third-order valence-electron chi connectivity index (χ3n) is 2.02. The van der Waals surface area contributed by atoms with Gasteiger partial charge in [-0.2, -0.15) is 0 Å². The van der Waals surface area contributed by atoms with Crippen molar-refractivity contribution in [3.05, 3.63) is 28.4 Å². The molecule has 0 bridgehead atoms. The molecule has 2 heterocycles. The maximum atomic E-state index is 11.5. The Morgan fingerprint density at radius 2 is 2.33 bits per heavy atom. The highest BCUT2D eigenvalue weighted by molar-refractivity contribution is 5.73. The van der Waals surface area contributed by atoms with Gasteiger partial charge in [-0.05, 0) is 13.0 Å². The number of fused-ring (bicyclic) bond motifs is 1. The van der Waals surface area contributed by atoms with Gasteiger partial charge >= 0.3 is 0 Å². The number of rotatable bonds is 0. The second-order valence-corrected chi connectivity index (χ2v) is 2.76. The zero-order valence-electron chi connectivity index (χ0n) is 6.96. The predicted octanol–water partition coefficient (Wildman–Crippen LogP) is 0.570. The van der Waals surface area contributed by atoms with E-state index < -0.39 is 0 Å². The first kappa shape index (κ1) is 7.09. The molecule has 0 radical (unpaired) electrons. The van der Waals surface area contributed by atoms with E-state index in [1.165, 1.54) is 4.57 Å². The summed E-state index contributed by atoms with van der Waals surface area (Å²) in [6.07, 6.45) is 1.72. The van der Waals surface area contributed by atoms with E-state index in [4.69, 9.17) is 0 Å². The van der Waals surface area contributed by atoms with Gasteiger partial charge in [0.25, 0.3) is 5.56 Å². The van der Waals surface area contributed by atoms with Crippen LogP contribution in [0.5, 0.6) is 0 Å². The molecule has 0 amide bonds. The average molecular weight is 163 g/mol. The Morgan fingerprint density at radius 3 is 3.08 bits per heavy atom. The Balaban J connectivity index is 3.05. The number of H-pyrrole nitrogens is 1. The Morgan fingerprint density at radius 1 is 1.58 bits per heavy atom. The number of nitrogens with one attached hydrogen (secondary N) is 1. The zero-order chi connectivity index (χ0) is 8.72. The summed E-state index contributed by atoms with van der Waals surface area (Å²) in [5.41, 5.74) is 0.661. The molecule has 62 valence electrons. The van der Waals surface area contributed by atoms with Gasteiger partial charge in [-0.1, -0.05) is 0 Å². The molecule has 1 N–H and O–H groups in total. The SMILES string of the molecule is Cc1nc2[nH]ccc2c(=O)n1C. The average Bonchev–Trinajstić information content (AvgIpc) is 2.48. The normalized spacial score (nSPS) is 10.8. The Labute approximate surface area is 68.9 Å². The number of hydrogen-bond acceptors (Lipinski definition) is 2. The standard InChI is InChI=1S/C8H9N3O/c1-5-10-7-6(3-4-9-7)8(12)11(5)2/h3-4,9H,1-2H3. The second kappa shape index (κ2) is 2.20. The highest BCUT2D eigenvalue weighted by atomic mass is 16.1. The van der Waals surface area contributed by atoms with Gasteiger partial charge in [-0.15, -0.1) is 0 Å². The minimum atomic E-state index is -0.00116. The minimum absolute atomic E-state index is 0.00116. The summed E-state index contributed by atoms with van der Waals surface area (Å²) in [5, 5.41) is 0.642. The van der Waals surface area contributed by atoms with Gasteiger partial charge in [0.2, 0.25) is 0 Å². The van der Waals surface area contributed by atoms with Crippen LogP contribution in [-0.2, 0) is 7.05 Å². The lowest BCUT2D eigenvalue weighted by atomic mass is 10.4. The van der Waals surface area contributed by atoms with E-state index in [-0.39, 0.29) is 5.56 Å². The third-order valence-corrected chi connectivity index (χ3v) is 2.02. The van der Waals surface area contributed by atoms with Crippen molar-refractivity contribution in [2.45, 2.75) is 6.92 Å². The molecule has 0 aromatic carbocycles. The molecule has 0 fully saturated rings.